The first-order valence-electron chi connectivity index (χ1n) is 9.49. The van der Waals surface area contributed by atoms with Gasteiger partial charge in [-0.2, -0.15) is 8.42 Å². The number of halogens is 1. The van der Waals surface area contributed by atoms with Gasteiger partial charge in [-0.05, 0) is 24.3 Å². The van der Waals surface area contributed by atoms with Crippen LogP contribution in [0.4, 0.5) is 0 Å². The summed E-state index contributed by atoms with van der Waals surface area (Å²) in [6.45, 7) is 0. The van der Waals surface area contributed by atoms with Crippen LogP contribution in [0.5, 0.6) is 0 Å². The summed E-state index contributed by atoms with van der Waals surface area (Å²) in [5.41, 5.74) is 0.353. The van der Waals surface area contributed by atoms with Crippen molar-refractivity contribution in [2.45, 2.75) is 30.7 Å². The monoisotopic (exact) mass is 528 g/mol. The Morgan fingerprint density at radius 1 is 0.906 bits per heavy atom. The zero-order valence-corrected chi connectivity index (χ0v) is 19.3. The lowest BCUT2D eigenvalue weighted by molar-refractivity contribution is -0.269. The van der Waals surface area contributed by atoms with Crippen molar-refractivity contribution in [2.24, 2.45) is 0 Å². The molecule has 11 heteroatoms. The fourth-order valence-electron chi connectivity index (χ4n) is 3.13. The molecule has 0 aliphatic carbocycles. The van der Waals surface area contributed by atoms with Crippen LogP contribution in [0, 0.1) is 0 Å². The Morgan fingerprint density at radius 3 is 1.81 bits per heavy atom. The van der Waals surface area contributed by atoms with Crippen molar-refractivity contribution < 1.29 is 41.5 Å². The third-order valence-electron chi connectivity index (χ3n) is 4.55. The Labute approximate surface area is 193 Å². The summed E-state index contributed by atoms with van der Waals surface area (Å²) < 4.78 is 45.2. The molecule has 3 rings (SSSR count). The zero-order valence-electron chi connectivity index (χ0n) is 16.9. The summed E-state index contributed by atoms with van der Waals surface area (Å²) in [5.74, 6) is -1.64. The van der Waals surface area contributed by atoms with Crippen molar-refractivity contribution in [3.8, 4) is 0 Å². The van der Waals surface area contributed by atoms with Crippen molar-refractivity contribution in [1.82, 2.24) is 0 Å². The summed E-state index contributed by atoms with van der Waals surface area (Å²) in [7, 11) is -4.04. The molecule has 2 aromatic rings. The quantitative estimate of drug-likeness (QED) is 0.325. The van der Waals surface area contributed by atoms with E-state index >= 15 is 0 Å². The number of carbonyl (C=O) groups is 2. The van der Waals surface area contributed by atoms with E-state index in [-0.39, 0.29) is 16.5 Å². The highest BCUT2D eigenvalue weighted by atomic mass is 79.9. The third-order valence-corrected chi connectivity index (χ3v) is 5.76. The molecule has 9 nitrogen and oxygen atoms in total. The maximum Gasteiger partial charge on any atom is 0.338 e. The second-order valence-electron chi connectivity index (χ2n) is 6.96. The van der Waals surface area contributed by atoms with E-state index in [1.807, 2.05) is 0 Å². The minimum Gasteiger partial charge on any atom is -0.452 e. The van der Waals surface area contributed by atoms with Crippen LogP contribution >= 0.6 is 15.9 Å². The number of esters is 2. The van der Waals surface area contributed by atoms with E-state index in [0.29, 0.717) is 0 Å². The van der Waals surface area contributed by atoms with Crippen molar-refractivity contribution in [3.05, 3.63) is 71.8 Å². The van der Waals surface area contributed by atoms with E-state index in [9.17, 15) is 23.1 Å². The number of benzene rings is 2. The zero-order chi connectivity index (χ0) is 23.3. The maximum absolute atomic E-state index is 12.7. The average Bonchev–Trinajstić information content (AvgIpc) is 2.77. The number of alkyl halides is 1. The minimum atomic E-state index is -4.04. The van der Waals surface area contributed by atoms with Crippen molar-refractivity contribution >= 4 is 38.0 Å². The van der Waals surface area contributed by atoms with Crippen LogP contribution in [-0.2, 0) is 28.5 Å². The fourth-order valence-corrected chi connectivity index (χ4v) is 4.29. The smallest absolute Gasteiger partial charge is 0.338 e. The van der Waals surface area contributed by atoms with E-state index in [0.717, 1.165) is 6.26 Å². The van der Waals surface area contributed by atoms with E-state index < -0.39 is 52.8 Å². The van der Waals surface area contributed by atoms with Gasteiger partial charge in [-0.25, -0.2) is 9.59 Å². The second kappa shape index (κ2) is 10.5. The van der Waals surface area contributed by atoms with E-state index in [4.69, 9.17) is 18.4 Å². The Hall–Kier alpha value is -2.31. The first kappa shape index (κ1) is 24.3. The Morgan fingerprint density at radius 2 is 1.38 bits per heavy atom. The number of hydrogen-bond donors (Lipinski definition) is 1. The Kier molecular flexibility index (Phi) is 8.01. The average molecular weight is 529 g/mol. The molecule has 5 atom stereocenters. The lowest BCUT2D eigenvalue weighted by Crippen LogP contribution is -2.61. The van der Waals surface area contributed by atoms with Crippen LogP contribution < -0.4 is 0 Å². The molecule has 0 saturated carbocycles. The minimum absolute atomic E-state index is 0.0446. The van der Waals surface area contributed by atoms with Crippen LogP contribution in [-0.4, -0.2) is 67.8 Å². The van der Waals surface area contributed by atoms with Gasteiger partial charge in [-0.15, -0.1) is 0 Å². The molecule has 172 valence electrons. The van der Waals surface area contributed by atoms with Gasteiger partial charge in [0.2, 0.25) is 0 Å². The van der Waals surface area contributed by atoms with E-state index in [1.165, 1.54) is 24.3 Å². The van der Waals surface area contributed by atoms with Gasteiger partial charge in [0.15, 0.2) is 18.5 Å². The lowest BCUT2D eigenvalue weighted by Gasteiger charge is -2.42. The van der Waals surface area contributed by atoms with Crippen molar-refractivity contribution in [2.75, 3.05) is 11.6 Å². The number of rotatable bonds is 7. The maximum atomic E-state index is 12.7. The molecule has 1 aliphatic rings. The highest BCUT2D eigenvalue weighted by molar-refractivity contribution is 9.09. The molecule has 0 radical (unpaired) electrons. The SMILES string of the molecule is CS(=O)(=O)OC1C(CBr)OC(O)C(OC(=O)c2ccccc2)C1OC(=O)c1ccccc1. The molecule has 1 fully saturated rings. The molecule has 1 heterocycles. The third kappa shape index (κ3) is 6.14. The van der Waals surface area contributed by atoms with Crippen LogP contribution in [0.3, 0.4) is 0 Å². The van der Waals surface area contributed by atoms with Gasteiger partial charge in [0.1, 0.15) is 12.2 Å². The van der Waals surface area contributed by atoms with Gasteiger partial charge in [0, 0.05) is 5.33 Å². The van der Waals surface area contributed by atoms with Gasteiger partial charge in [0.05, 0.1) is 17.4 Å². The van der Waals surface area contributed by atoms with Gasteiger partial charge < -0.3 is 19.3 Å². The number of carbonyl (C=O) groups excluding carboxylic acids is 2. The molecule has 1 N–H and O–H groups in total. The van der Waals surface area contributed by atoms with Gasteiger partial charge >= 0.3 is 11.9 Å². The topological polar surface area (TPSA) is 125 Å². The van der Waals surface area contributed by atoms with Crippen LogP contribution in [0.15, 0.2) is 60.7 Å². The molecular weight excluding hydrogens is 508 g/mol. The largest absolute Gasteiger partial charge is 0.452 e. The van der Waals surface area contributed by atoms with Gasteiger partial charge in [-0.1, -0.05) is 52.3 Å². The normalized spacial score (nSPS) is 25.7. The molecule has 0 amide bonds. The summed E-state index contributed by atoms with van der Waals surface area (Å²) in [6, 6.07) is 15.9. The summed E-state index contributed by atoms with van der Waals surface area (Å²) in [4.78, 5) is 25.3. The number of aliphatic hydroxyl groups is 1. The molecule has 0 aromatic heterocycles. The standard InChI is InChI=1S/C21H21BrO9S/c1-32(26,27)31-16-15(12-22)28-21(25)18(30-20(24)14-10-6-3-7-11-14)17(16)29-19(23)13-8-4-2-5-9-13/h2-11,15-18,21,25H,12H2,1H3. The lowest BCUT2D eigenvalue weighted by atomic mass is 9.99. The van der Waals surface area contributed by atoms with Crippen LogP contribution in [0.25, 0.3) is 0 Å². The molecule has 1 aliphatic heterocycles. The summed E-state index contributed by atoms with van der Waals surface area (Å²) in [5, 5.41) is 10.6. The highest BCUT2D eigenvalue weighted by Crippen LogP contribution is 2.30. The highest BCUT2D eigenvalue weighted by Gasteiger charge is 2.51. The number of hydrogen-bond acceptors (Lipinski definition) is 9. The van der Waals surface area contributed by atoms with Gasteiger partial charge in [-0.3, -0.25) is 4.18 Å². The first-order chi connectivity index (χ1) is 15.2. The number of ether oxygens (including phenoxy) is 3. The molecular formula is C21H21BrO9S. The fraction of sp³-hybridized carbons (Fsp3) is 0.333. The van der Waals surface area contributed by atoms with E-state index in [1.54, 1.807) is 36.4 Å². The summed E-state index contributed by atoms with van der Waals surface area (Å²) >= 11 is 3.17. The first-order valence-corrected chi connectivity index (χ1v) is 12.4. The van der Waals surface area contributed by atoms with Crippen LogP contribution in [0.2, 0.25) is 0 Å². The molecule has 1 saturated heterocycles. The summed E-state index contributed by atoms with van der Waals surface area (Å²) in [6.07, 6.45) is -6.36. The molecule has 5 unspecified atom stereocenters. The molecule has 0 bridgehead atoms. The Bertz CT molecular complexity index is 1030. The van der Waals surface area contributed by atoms with Crippen molar-refractivity contribution in [1.29, 1.82) is 0 Å². The van der Waals surface area contributed by atoms with Gasteiger partial charge in [0.25, 0.3) is 10.1 Å². The Balaban J connectivity index is 1.95. The second-order valence-corrected chi connectivity index (χ2v) is 9.20. The molecule has 0 spiro atoms. The molecule has 32 heavy (non-hydrogen) atoms. The predicted molar refractivity (Wildman–Crippen MR) is 116 cm³/mol. The van der Waals surface area contributed by atoms with Crippen molar-refractivity contribution in [3.63, 3.8) is 0 Å². The predicted octanol–water partition coefficient (Wildman–Crippen LogP) is 1.89. The number of aliphatic hydroxyl groups excluding tert-OH is 1. The van der Waals surface area contributed by atoms with E-state index in [2.05, 4.69) is 15.9 Å². The molecule has 2 aromatic carbocycles. The van der Waals surface area contributed by atoms with Crippen LogP contribution in [0.1, 0.15) is 20.7 Å².